The Morgan fingerprint density at radius 3 is 2.55 bits per heavy atom. The van der Waals surface area contributed by atoms with Gasteiger partial charge in [0, 0.05) is 46.0 Å². The molecule has 0 atom stereocenters. The largest absolute Gasteiger partial charge is 0.389 e. The highest BCUT2D eigenvalue weighted by Gasteiger charge is 2.24. The Bertz CT molecular complexity index is 455. The fourth-order valence-electron chi connectivity index (χ4n) is 2.34. The van der Waals surface area contributed by atoms with Gasteiger partial charge in [-0.2, -0.15) is 4.98 Å². The second-order valence-corrected chi connectivity index (χ2v) is 6.55. The van der Waals surface area contributed by atoms with Crippen LogP contribution in [-0.4, -0.2) is 65.3 Å². The van der Waals surface area contributed by atoms with Gasteiger partial charge < -0.3 is 15.3 Å². The average molecular weight is 344 g/mol. The molecule has 1 aliphatic rings. The van der Waals surface area contributed by atoms with Crippen LogP contribution >= 0.6 is 15.9 Å². The van der Waals surface area contributed by atoms with E-state index in [4.69, 9.17) is 0 Å². The van der Waals surface area contributed by atoms with Gasteiger partial charge in [-0.1, -0.05) is 0 Å². The second-order valence-electron chi connectivity index (χ2n) is 5.69. The number of halogens is 1. The molecule has 0 bridgehead atoms. The summed E-state index contributed by atoms with van der Waals surface area (Å²) in [4.78, 5) is 13.3. The maximum atomic E-state index is 9.86. The first-order chi connectivity index (χ1) is 9.39. The van der Waals surface area contributed by atoms with E-state index in [2.05, 4.69) is 41.0 Å². The molecule has 0 spiro atoms. The predicted octanol–water partition coefficient (Wildman–Crippen LogP) is 1.17. The Balaban J connectivity index is 1.97. The fraction of sp³-hybridized carbons (Fsp3) is 0.692. The quantitative estimate of drug-likeness (QED) is 0.855. The first-order valence-corrected chi connectivity index (χ1v) is 7.58. The average Bonchev–Trinajstić information content (AvgIpc) is 2.38. The third-order valence-electron chi connectivity index (χ3n) is 3.23. The highest BCUT2D eigenvalue weighted by atomic mass is 79.9. The summed E-state index contributed by atoms with van der Waals surface area (Å²) in [6.45, 7) is 7.97. The van der Waals surface area contributed by atoms with Crippen LogP contribution < -0.4 is 10.2 Å². The van der Waals surface area contributed by atoms with Crippen molar-refractivity contribution in [2.24, 2.45) is 0 Å². The normalized spacial score (nSPS) is 17.4. The van der Waals surface area contributed by atoms with E-state index >= 15 is 0 Å². The van der Waals surface area contributed by atoms with Crippen LogP contribution in [0.2, 0.25) is 0 Å². The summed E-state index contributed by atoms with van der Waals surface area (Å²) in [6, 6.07) is 0. The van der Waals surface area contributed by atoms with Crippen molar-refractivity contribution < 1.29 is 5.11 Å². The van der Waals surface area contributed by atoms with Gasteiger partial charge >= 0.3 is 0 Å². The lowest BCUT2D eigenvalue weighted by molar-refractivity contribution is 0.0344. The van der Waals surface area contributed by atoms with Crippen molar-refractivity contribution in [3.8, 4) is 0 Å². The zero-order valence-electron chi connectivity index (χ0n) is 12.2. The number of hydrogen-bond donors (Lipinski definition) is 2. The van der Waals surface area contributed by atoms with E-state index in [0.717, 1.165) is 42.4 Å². The van der Waals surface area contributed by atoms with Gasteiger partial charge in [0.25, 0.3) is 0 Å². The van der Waals surface area contributed by atoms with Crippen molar-refractivity contribution in [1.82, 2.24) is 14.9 Å². The van der Waals surface area contributed by atoms with E-state index in [0.29, 0.717) is 6.54 Å². The Kier molecular flexibility index (Phi) is 4.82. The molecule has 6 nitrogen and oxygen atoms in total. The van der Waals surface area contributed by atoms with Crippen molar-refractivity contribution in [1.29, 1.82) is 0 Å². The first-order valence-electron chi connectivity index (χ1n) is 6.79. The number of rotatable bonds is 4. The molecule has 20 heavy (non-hydrogen) atoms. The molecule has 1 aromatic rings. The molecule has 2 rings (SSSR count). The maximum absolute atomic E-state index is 9.86. The number of nitrogens with zero attached hydrogens (tertiary/aromatic N) is 4. The molecule has 2 heterocycles. The summed E-state index contributed by atoms with van der Waals surface area (Å²) >= 11 is 3.42. The third kappa shape index (κ3) is 4.04. The summed E-state index contributed by atoms with van der Waals surface area (Å²) in [5, 5.41) is 12.9. The molecule has 1 fully saturated rings. The van der Waals surface area contributed by atoms with Crippen LogP contribution in [0.1, 0.15) is 13.8 Å². The summed E-state index contributed by atoms with van der Waals surface area (Å²) in [5.74, 6) is 1.55. The molecular weight excluding hydrogens is 322 g/mol. The Hall–Kier alpha value is -0.920. The molecule has 1 saturated heterocycles. The summed E-state index contributed by atoms with van der Waals surface area (Å²) in [7, 11) is 1.85. The number of hydrogen-bond acceptors (Lipinski definition) is 6. The van der Waals surface area contributed by atoms with Crippen molar-refractivity contribution in [3.63, 3.8) is 0 Å². The van der Waals surface area contributed by atoms with E-state index in [1.165, 1.54) is 0 Å². The summed E-state index contributed by atoms with van der Waals surface area (Å²) in [5.41, 5.74) is -0.643. The van der Waals surface area contributed by atoms with E-state index in [-0.39, 0.29) is 0 Å². The van der Waals surface area contributed by atoms with Crippen LogP contribution in [0.5, 0.6) is 0 Å². The molecule has 1 aliphatic heterocycles. The van der Waals surface area contributed by atoms with E-state index in [1.54, 1.807) is 6.20 Å². The minimum Gasteiger partial charge on any atom is -0.389 e. The minimum atomic E-state index is -0.643. The Labute approximate surface area is 128 Å². The van der Waals surface area contributed by atoms with Gasteiger partial charge in [-0.15, -0.1) is 0 Å². The lowest BCUT2D eigenvalue weighted by Gasteiger charge is -2.37. The van der Waals surface area contributed by atoms with Crippen LogP contribution in [0.25, 0.3) is 0 Å². The smallest absolute Gasteiger partial charge is 0.227 e. The van der Waals surface area contributed by atoms with Crippen molar-refractivity contribution in [2.45, 2.75) is 19.4 Å². The zero-order valence-corrected chi connectivity index (χ0v) is 13.8. The van der Waals surface area contributed by atoms with Gasteiger partial charge in [0.1, 0.15) is 5.82 Å². The van der Waals surface area contributed by atoms with Crippen molar-refractivity contribution in [2.75, 3.05) is 50.0 Å². The van der Waals surface area contributed by atoms with Gasteiger partial charge in [0.05, 0.1) is 10.1 Å². The molecule has 0 aliphatic carbocycles. The van der Waals surface area contributed by atoms with Gasteiger partial charge in [0.2, 0.25) is 5.95 Å². The molecule has 0 unspecified atom stereocenters. The number of piperazine rings is 1. The van der Waals surface area contributed by atoms with E-state index < -0.39 is 5.60 Å². The van der Waals surface area contributed by atoms with Gasteiger partial charge in [-0.25, -0.2) is 4.98 Å². The number of anilines is 2. The van der Waals surface area contributed by atoms with Crippen LogP contribution in [0.15, 0.2) is 10.7 Å². The lowest BCUT2D eigenvalue weighted by atomic mass is 10.1. The molecule has 2 N–H and O–H groups in total. The molecule has 0 radical (unpaired) electrons. The highest BCUT2D eigenvalue weighted by molar-refractivity contribution is 9.10. The monoisotopic (exact) mass is 343 g/mol. The number of nitrogens with one attached hydrogen (secondary N) is 1. The first kappa shape index (κ1) is 15.5. The molecule has 7 heteroatoms. The fourth-order valence-corrected chi connectivity index (χ4v) is 2.73. The molecule has 1 aromatic heterocycles. The number of aliphatic hydroxyl groups is 1. The predicted molar refractivity (Wildman–Crippen MR) is 84.2 cm³/mol. The molecule has 0 amide bonds. The van der Waals surface area contributed by atoms with Crippen LogP contribution in [0.3, 0.4) is 0 Å². The Morgan fingerprint density at radius 1 is 1.35 bits per heavy atom. The minimum absolute atomic E-state index is 0.643. The van der Waals surface area contributed by atoms with Crippen molar-refractivity contribution in [3.05, 3.63) is 10.7 Å². The van der Waals surface area contributed by atoms with Gasteiger partial charge in [0.15, 0.2) is 0 Å². The molecular formula is C13H22BrN5O. The van der Waals surface area contributed by atoms with Gasteiger partial charge in [-0.3, -0.25) is 4.90 Å². The summed E-state index contributed by atoms with van der Waals surface area (Å²) in [6.07, 6.45) is 1.78. The topological polar surface area (TPSA) is 64.5 Å². The van der Waals surface area contributed by atoms with E-state index in [1.807, 2.05) is 20.9 Å². The maximum Gasteiger partial charge on any atom is 0.227 e. The summed E-state index contributed by atoms with van der Waals surface area (Å²) < 4.78 is 0.865. The number of β-amino-alcohol motifs (C(OH)–C–C–N with tert-alkyl or cyclic N) is 1. The second kappa shape index (κ2) is 6.24. The molecule has 112 valence electrons. The van der Waals surface area contributed by atoms with Crippen LogP contribution in [0, 0.1) is 0 Å². The van der Waals surface area contributed by atoms with Gasteiger partial charge in [-0.05, 0) is 29.8 Å². The third-order valence-corrected chi connectivity index (χ3v) is 3.81. The van der Waals surface area contributed by atoms with Crippen molar-refractivity contribution >= 4 is 27.7 Å². The van der Waals surface area contributed by atoms with Crippen LogP contribution in [0.4, 0.5) is 11.8 Å². The SMILES string of the molecule is CNc1nc(N2CCN(CC(C)(C)O)CC2)ncc1Br. The standard InChI is InChI=1S/C13H22BrN5O/c1-13(2,20)9-18-4-6-19(7-5-18)12-16-8-10(14)11(15-3)17-12/h8,20H,4-7,9H2,1-3H3,(H,15,16,17). The van der Waals surface area contributed by atoms with Crippen LogP contribution in [-0.2, 0) is 0 Å². The van der Waals surface area contributed by atoms with E-state index in [9.17, 15) is 5.11 Å². The molecule has 0 aromatic carbocycles. The number of aromatic nitrogens is 2. The highest BCUT2D eigenvalue weighted by Crippen LogP contribution is 2.22. The lowest BCUT2D eigenvalue weighted by Crippen LogP contribution is -2.50. The molecule has 0 saturated carbocycles. The Morgan fingerprint density at radius 2 is 2.00 bits per heavy atom. The zero-order chi connectivity index (χ0) is 14.8.